The molecule has 1 aromatic carbocycles. The van der Waals surface area contributed by atoms with Crippen molar-refractivity contribution >= 4 is 21.9 Å². The van der Waals surface area contributed by atoms with Crippen molar-refractivity contribution in [3.63, 3.8) is 0 Å². The third-order valence-corrected chi connectivity index (χ3v) is 3.47. The fraction of sp³-hybridized carbons (Fsp3) is 0.353. The molecular weight excluding hydrogens is 358 g/mol. The van der Waals surface area contributed by atoms with Crippen molar-refractivity contribution in [2.45, 2.75) is 33.0 Å². The number of ether oxygens (including phenoxy) is 1. The van der Waals surface area contributed by atoms with E-state index in [1.807, 2.05) is 30.3 Å². The predicted octanol–water partition coefficient (Wildman–Crippen LogP) is 2.97. The number of hydrogen-bond donors (Lipinski definition) is 1. The lowest BCUT2D eigenvalue weighted by atomic mass is 10.1. The van der Waals surface area contributed by atoms with Crippen molar-refractivity contribution in [2.75, 3.05) is 11.6 Å². The summed E-state index contributed by atoms with van der Waals surface area (Å²) < 4.78 is 32.3. The van der Waals surface area contributed by atoms with Crippen LogP contribution in [0.3, 0.4) is 0 Å². The van der Waals surface area contributed by atoms with Gasteiger partial charge in [0.1, 0.15) is 12.2 Å². The number of benzene rings is 1. The number of rotatable bonds is 5. The van der Waals surface area contributed by atoms with E-state index < -0.39 is 21.8 Å². The third-order valence-electron chi connectivity index (χ3n) is 2.92. The van der Waals surface area contributed by atoms with E-state index in [1.54, 1.807) is 20.8 Å². The second-order valence-corrected chi connectivity index (χ2v) is 8.15. The Kier molecular flexibility index (Phi) is 5.94. The van der Waals surface area contributed by atoms with Gasteiger partial charge in [0.25, 0.3) is 10.1 Å². The Morgan fingerprint density at radius 2 is 1.85 bits per heavy atom. The van der Waals surface area contributed by atoms with Crippen molar-refractivity contribution in [3.8, 4) is 11.3 Å². The second-order valence-electron chi connectivity index (χ2n) is 6.51. The molecule has 9 heteroatoms. The molecule has 0 bridgehead atoms. The SMILES string of the molecule is CC(C)(C)OC(=O)Nc1cnc(COS(C)(=O)=O)nc1-c1ccccc1. The summed E-state index contributed by atoms with van der Waals surface area (Å²) in [6.45, 7) is 4.97. The molecule has 0 saturated carbocycles. The van der Waals surface area contributed by atoms with Gasteiger partial charge in [0.05, 0.1) is 23.8 Å². The van der Waals surface area contributed by atoms with Gasteiger partial charge in [0.2, 0.25) is 0 Å². The molecule has 2 aromatic rings. The Morgan fingerprint density at radius 1 is 1.19 bits per heavy atom. The van der Waals surface area contributed by atoms with Crippen LogP contribution >= 0.6 is 0 Å². The van der Waals surface area contributed by atoms with Crippen LogP contribution in [0.2, 0.25) is 0 Å². The van der Waals surface area contributed by atoms with E-state index >= 15 is 0 Å². The number of aromatic nitrogens is 2. The van der Waals surface area contributed by atoms with Crippen LogP contribution in [0.4, 0.5) is 10.5 Å². The summed E-state index contributed by atoms with van der Waals surface area (Å²) in [7, 11) is -3.62. The molecule has 0 fully saturated rings. The number of anilines is 1. The maximum Gasteiger partial charge on any atom is 0.412 e. The topological polar surface area (TPSA) is 107 Å². The van der Waals surface area contributed by atoms with Crippen molar-refractivity contribution in [2.24, 2.45) is 0 Å². The molecular formula is C17H21N3O5S. The lowest BCUT2D eigenvalue weighted by Gasteiger charge is -2.20. The van der Waals surface area contributed by atoms with E-state index in [0.29, 0.717) is 11.4 Å². The molecule has 2 rings (SSSR count). The lowest BCUT2D eigenvalue weighted by Crippen LogP contribution is -2.27. The van der Waals surface area contributed by atoms with Gasteiger partial charge in [-0.1, -0.05) is 30.3 Å². The molecule has 1 N–H and O–H groups in total. The average molecular weight is 379 g/mol. The number of amides is 1. The number of hydrogen-bond acceptors (Lipinski definition) is 7. The van der Waals surface area contributed by atoms with Crippen LogP contribution in [-0.2, 0) is 25.6 Å². The highest BCUT2D eigenvalue weighted by atomic mass is 32.2. The van der Waals surface area contributed by atoms with E-state index in [0.717, 1.165) is 11.8 Å². The molecule has 0 saturated heterocycles. The molecule has 0 aliphatic carbocycles. The van der Waals surface area contributed by atoms with Crippen LogP contribution in [-0.4, -0.2) is 36.3 Å². The predicted molar refractivity (Wildman–Crippen MR) is 97.0 cm³/mol. The molecule has 0 aliphatic rings. The fourth-order valence-electron chi connectivity index (χ4n) is 1.97. The van der Waals surface area contributed by atoms with E-state index in [1.165, 1.54) is 6.20 Å². The summed E-state index contributed by atoms with van der Waals surface area (Å²) in [5, 5.41) is 2.62. The highest BCUT2D eigenvalue weighted by molar-refractivity contribution is 7.85. The molecule has 0 radical (unpaired) electrons. The van der Waals surface area contributed by atoms with Crippen LogP contribution in [0.25, 0.3) is 11.3 Å². The fourth-order valence-corrected chi connectivity index (χ4v) is 2.29. The van der Waals surface area contributed by atoms with Gasteiger partial charge in [-0.2, -0.15) is 8.42 Å². The van der Waals surface area contributed by atoms with Crippen molar-refractivity contribution in [3.05, 3.63) is 42.4 Å². The largest absolute Gasteiger partial charge is 0.444 e. The normalized spacial score (nSPS) is 11.8. The monoisotopic (exact) mass is 379 g/mol. The Balaban J connectivity index is 2.33. The van der Waals surface area contributed by atoms with E-state index in [-0.39, 0.29) is 12.4 Å². The van der Waals surface area contributed by atoms with Crippen LogP contribution in [0.5, 0.6) is 0 Å². The molecule has 140 valence electrons. The first-order chi connectivity index (χ1) is 12.0. The zero-order chi connectivity index (χ0) is 19.4. The van der Waals surface area contributed by atoms with E-state index in [2.05, 4.69) is 15.3 Å². The first-order valence-electron chi connectivity index (χ1n) is 7.79. The standard InChI is InChI=1S/C17H21N3O5S/c1-17(2,3)25-16(21)19-13-10-18-14(11-24-26(4,22)23)20-15(13)12-8-6-5-7-9-12/h5-10H,11H2,1-4H3,(H,19,21). The summed E-state index contributed by atoms with van der Waals surface area (Å²) in [5.41, 5.74) is 0.842. The van der Waals surface area contributed by atoms with Crippen LogP contribution < -0.4 is 5.32 Å². The molecule has 0 unspecified atom stereocenters. The Bertz CT molecular complexity index is 877. The Morgan fingerprint density at radius 3 is 2.42 bits per heavy atom. The van der Waals surface area contributed by atoms with Gasteiger partial charge in [-0.15, -0.1) is 0 Å². The van der Waals surface area contributed by atoms with Gasteiger partial charge < -0.3 is 4.74 Å². The molecule has 1 amide bonds. The number of carbonyl (C=O) groups is 1. The van der Waals surface area contributed by atoms with Gasteiger partial charge in [0.15, 0.2) is 5.82 Å². The van der Waals surface area contributed by atoms with Gasteiger partial charge in [0, 0.05) is 5.56 Å². The van der Waals surface area contributed by atoms with E-state index in [4.69, 9.17) is 8.92 Å². The second kappa shape index (κ2) is 7.79. The summed E-state index contributed by atoms with van der Waals surface area (Å²) in [4.78, 5) is 20.4. The Labute approximate surface area is 152 Å². The van der Waals surface area contributed by atoms with Crippen molar-refractivity contribution < 1.29 is 22.1 Å². The zero-order valence-corrected chi connectivity index (χ0v) is 15.8. The van der Waals surface area contributed by atoms with Gasteiger partial charge >= 0.3 is 6.09 Å². The number of carbonyl (C=O) groups excluding carboxylic acids is 1. The van der Waals surface area contributed by atoms with Crippen molar-refractivity contribution in [1.29, 1.82) is 0 Å². The maximum atomic E-state index is 12.1. The molecule has 0 atom stereocenters. The highest BCUT2D eigenvalue weighted by Gasteiger charge is 2.19. The van der Waals surface area contributed by atoms with Crippen LogP contribution in [0, 0.1) is 0 Å². The molecule has 0 aliphatic heterocycles. The first kappa shape index (κ1) is 19.8. The van der Waals surface area contributed by atoms with E-state index in [9.17, 15) is 13.2 Å². The molecule has 1 heterocycles. The molecule has 1 aromatic heterocycles. The smallest absolute Gasteiger partial charge is 0.412 e. The van der Waals surface area contributed by atoms with Gasteiger partial charge in [-0.3, -0.25) is 9.50 Å². The minimum Gasteiger partial charge on any atom is -0.444 e. The third kappa shape index (κ3) is 6.41. The summed E-state index contributed by atoms with van der Waals surface area (Å²) in [6.07, 6.45) is 1.70. The number of nitrogens with one attached hydrogen (secondary N) is 1. The Hall–Kier alpha value is -2.52. The van der Waals surface area contributed by atoms with Crippen LogP contribution in [0.1, 0.15) is 26.6 Å². The van der Waals surface area contributed by atoms with Crippen molar-refractivity contribution in [1.82, 2.24) is 9.97 Å². The highest BCUT2D eigenvalue weighted by Crippen LogP contribution is 2.26. The number of nitrogens with zero attached hydrogens (tertiary/aromatic N) is 2. The lowest BCUT2D eigenvalue weighted by molar-refractivity contribution is 0.0636. The summed E-state index contributed by atoms with van der Waals surface area (Å²) in [6, 6.07) is 9.11. The van der Waals surface area contributed by atoms with Crippen LogP contribution in [0.15, 0.2) is 36.5 Å². The molecule has 8 nitrogen and oxygen atoms in total. The summed E-state index contributed by atoms with van der Waals surface area (Å²) in [5.74, 6) is 0.170. The average Bonchev–Trinajstić information content (AvgIpc) is 2.52. The first-order valence-corrected chi connectivity index (χ1v) is 9.61. The summed E-state index contributed by atoms with van der Waals surface area (Å²) >= 11 is 0. The minimum absolute atomic E-state index is 0.170. The van der Waals surface area contributed by atoms with Gasteiger partial charge in [-0.25, -0.2) is 14.8 Å². The van der Waals surface area contributed by atoms with Gasteiger partial charge in [-0.05, 0) is 20.8 Å². The maximum absolute atomic E-state index is 12.1. The zero-order valence-electron chi connectivity index (χ0n) is 15.0. The molecule has 0 spiro atoms. The minimum atomic E-state index is -3.62. The quantitative estimate of drug-likeness (QED) is 0.796. The molecule has 26 heavy (non-hydrogen) atoms.